The first-order chi connectivity index (χ1) is 11.0. The lowest BCUT2D eigenvalue weighted by Gasteiger charge is -2.24. The van der Waals surface area contributed by atoms with Crippen molar-refractivity contribution in [3.05, 3.63) is 23.8 Å². The number of ether oxygens (including phenoxy) is 2. The topological polar surface area (TPSA) is 78.4 Å². The lowest BCUT2D eigenvalue weighted by Crippen LogP contribution is -2.44. The molecule has 126 valence electrons. The van der Waals surface area contributed by atoms with Crippen LogP contribution in [-0.4, -0.2) is 35.1 Å². The minimum absolute atomic E-state index is 0.182. The third-order valence-electron chi connectivity index (χ3n) is 4.32. The molecule has 1 aromatic heterocycles. The molecule has 1 fully saturated rings. The first kappa shape index (κ1) is 17.4. The minimum Gasteiger partial charge on any atom is -0.465 e. The Morgan fingerprint density at radius 3 is 2.09 bits per heavy atom. The maximum Gasteiger partial charge on any atom is 0.329 e. The van der Waals surface area contributed by atoms with Crippen molar-refractivity contribution in [2.75, 3.05) is 13.2 Å². The number of rotatable bonds is 6. The van der Waals surface area contributed by atoms with Gasteiger partial charge in [0.15, 0.2) is 0 Å². The number of nitrogens with zero attached hydrogens (tertiary/aromatic N) is 2. The standard InChI is InChI=1S/C17H24N2O4/c1-4-22-15(20)17(3,16(21)23-5-2)14-11-18-13(10-19-14)12-8-6-7-9-12/h10-12H,4-9H2,1-3H3. The molecule has 0 radical (unpaired) electrons. The zero-order valence-electron chi connectivity index (χ0n) is 14.0. The zero-order chi connectivity index (χ0) is 16.9. The Kier molecular flexibility index (Phi) is 5.69. The number of hydrogen-bond donors (Lipinski definition) is 0. The number of esters is 2. The second kappa shape index (κ2) is 7.53. The van der Waals surface area contributed by atoms with Crippen LogP contribution in [-0.2, 0) is 24.5 Å². The highest BCUT2D eigenvalue weighted by Crippen LogP contribution is 2.33. The summed E-state index contributed by atoms with van der Waals surface area (Å²) in [5.74, 6) is -0.907. The molecule has 0 saturated heterocycles. The van der Waals surface area contributed by atoms with Gasteiger partial charge in [-0.25, -0.2) is 0 Å². The van der Waals surface area contributed by atoms with E-state index in [4.69, 9.17) is 9.47 Å². The molecule has 0 unspecified atom stereocenters. The van der Waals surface area contributed by atoms with Gasteiger partial charge in [0, 0.05) is 12.1 Å². The Bertz CT molecular complexity index is 532. The Labute approximate surface area is 136 Å². The highest BCUT2D eigenvalue weighted by molar-refractivity contribution is 6.05. The van der Waals surface area contributed by atoms with Crippen molar-refractivity contribution in [1.29, 1.82) is 0 Å². The van der Waals surface area contributed by atoms with Crippen LogP contribution in [0.25, 0.3) is 0 Å². The highest BCUT2D eigenvalue weighted by atomic mass is 16.6. The van der Waals surface area contributed by atoms with Crippen LogP contribution in [0.15, 0.2) is 12.4 Å². The van der Waals surface area contributed by atoms with E-state index in [2.05, 4.69) is 9.97 Å². The smallest absolute Gasteiger partial charge is 0.329 e. The van der Waals surface area contributed by atoms with Crippen LogP contribution in [0, 0.1) is 0 Å². The molecule has 6 heteroatoms. The van der Waals surface area contributed by atoms with Gasteiger partial charge in [0.05, 0.1) is 30.8 Å². The van der Waals surface area contributed by atoms with Crippen LogP contribution in [0.4, 0.5) is 0 Å². The van der Waals surface area contributed by atoms with Crippen molar-refractivity contribution in [3.8, 4) is 0 Å². The molecule has 0 aromatic carbocycles. The van der Waals surface area contributed by atoms with E-state index in [9.17, 15) is 9.59 Å². The molecule has 1 aliphatic carbocycles. The Balaban J connectivity index is 2.30. The second-order valence-electron chi connectivity index (χ2n) is 5.87. The SMILES string of the molecule is CCOC(=O)C(C)(C(=O)OCC)c1cnc(C2CCCC2)cn1. The predicted molar refractivity (Wildman–Crippen MR) is 83.9 cm³/mol. The van der Waals surface area contributed by atoms with E-state index in [0.29, 0.717) is 5.92 Å². The minimum atomic E-state index is -1.59. The van der Waals surface area contributed by atoms with Gasteiger partial charge in [0.1, 0.15) is 0 Å². The number of carbonyl (C=O) groups is 2. The van der Waals surface area contributed by atoms with E-state index in [1.165, 1.54) is 26.0 Å². The van der Waals surface area contributed by atoms with E-state index < -0.39 is 17.4 Å². The molecule has 6 nitrogen and oxygen atoms in total. The third kappa shape index (κ3) is 3.51. The monoisotopic (exact) mass is 320 g/mol. The molecular formula is C17H24N2O4. The normalized spacial score (nSPS) is 15.4. The first-order valence-corrected chi connectivity index (χ1v) is 8.20. The first-order valence-electron chi connectivity index (χ1n) is 8.20. The van der Waals surface area contributed by atoms with Crippen LogP contribution < -0.4 is 0 Å². The van der Waals surface area contributed by atoms with Gasteiger partial charge in [-0.2, -0.15) is 0 Å². The summed E-state index contributed by atoms with van der Waals surface area (Å²) >= 11 is 0. The van der Waals surface area contributed by atoms with Gasteiger partial charge in [-0.3, -0.25) is 19.6 Å². The largest absolute Gasteiger partial charge is 0.465 e. The Morgan fingerprint density at radius 1 is 1.09 bits per heavy atom. The quantitative estimate of drug-likeness (QED) is 0.592. The molecule has 1 saturated carbocycles. The van der Waals surface area contributed by atoms with E-state index in [1.807, 2.05) is 0 Å². The van der Waals surface area contributed by atoms with Crippen LogP contribution in [0.5, 0.6) is 0 Å². The summed E-state index contributed by atoms with van der Waals surface area (Å²) in [5, 5.41) is 0. The molecule has 1 aliphatic rings. The van der Waals surface area contributed by atoms with Gasteiger partial charge in [0.2, 0.25) is 5.41 Å². The summed E-state index contributed by atoms with van der Waals surface area (Å²) in [5.41, 5.74) is -0.412. The molecule has 1 aromatic rings. The fourth-order valence-electron chi connectivity index (χ4n) is 2.87. The van der Waals surface area contributed by atoms with Crippen LogP contribution >= 0.6 is 0 Å². The van der Waals surface area contributed by atoms with E-state index in [0.717, 1.165) is 18.5 Å². The average Bonchev–Trinajstić information content (AvgIpc) is 3.09. The molecular weight excluding hydrogens is 296 g/mol. The van der Waals surface area contributed by atoms with Crippen molar-refractivity contribution >= 4 is 11.9 Å². The van der Waals surface area contributed by atoms with Crippen molar-refractivity contribution < 1.29 is 19.1 Å². The molecule has 1 heterocycles. The molecule has 0 spiro atoms. The Hall–Kier alpha value is -1.98. The molecule has 0 bridgehead atoms. The van der Waals surface area contributed by atoms with Gasteiger partial charge in [0.25, 0.3) is 0 Å². The third-order valence-corrected chi connectivity index (χ3v) is 4.32. The maximum atomic E-state index is 12.3. The molecule has 0 amide bonds. The van der Waals surface area contributed by atoms with Crippen molar-refractivity contribution in [1.82, 2.24) is 9.97 Å². The molecule has 2 rings (SSSR count). The number of hydrogen-bond acceptors (Lipinski definition) is 6. The summed E-state index contributed by atoms with van der Waals surface area (Å²) in [6.45, 7) is 5.22. The van der Waals surface area contributed by atoms with Crippen molar-refractivity contribution in [3.63, 3.8) is 0 Å². The fraction of sp³-hybridized carbons (Fsp3) is 0.647. The van der Waals surface area contributed by atoms with Crippen LogP contribution in [0.1, 0.15) is 63.8 Å². The van der Waals surface area contributed by atoms with E-state index in [-0.39, 0.29) is 18.9 Å². The van der Waals surface area contributed by atoms with Gasteiger partial charge in [-0.05, 0) is 33.6 Å². The molecule has 23 heavy (non-hydrogen) atoms. The van der Waals surface area contributed by atoms with E-state index in [1.54, 1.807) is 20.0 Å². The van der Waals surface area contributed by atoms with Crippen LogP contribution in [0.3, 0.4) is 0 Å². The van der Waals surface area contributed by atoms with Gasteiger partial charge in [-0.1, -0.05) is 12.8 Å². The summed E-state index contributed by atoms with van der Waals surface area (Å²) in [7, 11) is 0. The fourth-order valence-corrected chi connectivity index (χ4v) is 2.87. The highest BCUT2D eigenvalue weighted by Gasteiger charge is 2.47. The van der Waals surface area contributed by atoms with E-state index >= 15 is 0 Å². The molecule has 0 N–H and O–H groups in total. The van der Waals surface area contributed by atoms with Crippen molar-refractivity contribution in [2.45, 2.75) is 57.8 Å². The maximum absolute atomic E-state index is 12.3. The van der Waals surface area contributed by atoms with Crippen molar-refractivity contribution in [2.24, 2.45) is 0 Å². The average molecular weight is 320 g/mol. The predicted octanol–water partition coefficient (Wildman–Crippen LogP) is 2.52. The molecule has 0 aliphatic heterocycles. The lowest BCUT2D eigenvalue weighted by molar-refractivity contribution is -0.164. The van der Waals surface area contributed by atoms with Gasteiger partial charge >= 0.3 is 11.9 Å². The molecule has 0 atom stereocenters. The number of aromatic nitrogens is 2. The summed E-state index contributed by atoms with van der Waals surface area (Å²) in [6, 6.07) is 0. The van der Waals surface area contributed by atoms with Crippen LogP contribution in [0.2, 0.25) is 0 Å². The zero-order valence-corrected chi connectivity index (χ0v) is 14.0. The summed E-state index contributed by atoms with van der Waals surface area (Å²) < 4.78 is 10.1. The summed E-state index contributed by atoms with van der Waals surface area (Å²) in [6.07, 6.45) is 7.81. The second-order valence-corrected chi connectivity index (χ2v) is 5.87. The summed E-state index contributed by atoms with van der Waals surface area (Å²) in [4.78, 5) is 33.4. The van der Waals surface area contributed by atoms with Gasteiger partial charge in [-0.15, -0.1) is 0 Å². The van der Waals surface area contributed by atoms with Gasteiger partial charge < -0.3 is 9.47 Å². The lowest BCUT2D eigenvalue weighted by atomic mass is 9.87. The Morgan fingerprint density at radius 2 is 1.65 bits per heavy atom. The number of carbonyl (C=O) groups excluding carboxylic acids is 2.